The van der Waals surface area contributed by atoms with Crippen molar-refractivity contribution in [3.63, 3.8) is 0 Å². The Balaban J connectivity index is 1.59. The third-order valence-corrected chi connectivity index (χ3v) is 4.47. The molecule has 0 spiro atoms. The van der Waals surface area contributed by atoms with Gasteiger partial charge in [-0.25, -0.2) is 0 Å². The Labute approximate surface area is 152 Å². The lowest BCUT2D eigenvalue weighted by atomic mass is 10.0. The second-order valence-electron chi connectivity index (χ2n) is 6.29. The molecule has 0 unspecified atom stereocenters. The Kier molecular flexibility index (Phi) is 4.69. The number of ketones is 1. The molecule has 6 nitrogen and oxygen atoms in total. The van der Waals surface area contributed by atoms with Crippen LogP contribution >= 0.6 is 0 Å². The summed E-state index contributed by atoms with van der Waals surface area (Å²) >= 11 is 0. The van der Waals surface area contributed by atoms with Crippen LogP contribution in [0.4, 0.5) is 0 Å². The Morgan fingerprint density at radius 1 is 1.31 bits per heavy atom. The van der Waals surface area contributed by atoms with Crippen molar-refractivity contribution in [2.75, 3.05) is 27.0 Å². The molecule has 6 heteroatoms. The fourth-order valence-corrected chi connectivity index (χ4v) is 3.18. The van der Waals surface area contributed by atoms with Crippen LogP contribution in [-0.2, 0) is 11.3 Å². The van der Waals surface area contributed by atoms with Crippen LogP contribution in [0.1, 0.15) is 28.0 Å². The van der Waals surface area contributed by atoms with Gasteiger partial charge in [-0.05, 0) is 30.7 Å². The number of methoxy groups -OCH3 is 1. The van der Waals surface area contributed by atoms with Crippen LogP contribution in [0, 0.1) is 0 Å². The van der Waals surface area contributed by atoms with E-state index in [1.807, 2.05) is 24.3 Å². The summed E-state index contributed by atoms with van der Waals surface area (Å²) in [5.41, 5.74) is 2.19. The summed E-state index contributed by atoms with van der Waals surface area (Å²) < 4.78 is 16.9. The highest BCUT2D eigenvalue weighted by Crippen LogP contribution is 2.41. The molecule has 0 N–H and O–H groups in total. The van der Waals surface area contributed by atoms with Crippen molar-refractivity contribution in [3.8, 4) is 11.5 Å². The summed E-state index contributed by atoms with van der Waals surface area (Å²) in [4.78, 5) is 19.1. The molecule has 2 aromatic rings. The zero-order valence-corrected chi connectivity index (χ0v) is 14.6. The lowest BCUT2D eigenvalue weighted by Crippen LogP contribution is -2.33. The van der Waals surface area contributed by atoms with Gasteiger partial charge >= 0.3 is 0 Å². The Bertz CT molecular complexity index is 848. The van der Waals surface area contributed by atoms with Gasteiger partial charge < -0.3 is 14.2 Å². The molecule has 26 heavy (non-hydrogen) atoms. The number of carbonyl (C=O) groups is 1. The molecule has 0 bridgehead atoms. The standard InChI is InChI=1S/C20H20N2O4/c1-24-10-4-9-22-12-16-17(25-13-22)7-6-15-19(23)18(26-20(15)16)11-14-5-2-3-8-21-14/h2-3,5-8,11H,4,9-10,12-13H2,1H3/b18-11-. The Morgan fingerprint density at radius 2 is 2.23 bits per heavy atom. The smallest absolute Gasteiger partial charge is 0.232 e. The van der Waals surface area contributed by atoms with Gasteiger partial charge in [0.05, 0.1) is 16.8 Å². The maximum atomic E-state index is 12.7. The molecule has 3 heterocycles. The molecule has 0 saturated carbocycles. The first-order chi connectivity index (χ1) is 12.8. The lowest BCUT2D eigenvalue weighted by molar-refractivity contribution is 0.0823. The van der Waals surface area contributed by atoms with Gasteiger partial charge in [-0.3, -0.25) is 14.7 Å². The molecule has 134 valence electrons. The molecule has 0 amide bonds. The zero-order valence-electron chi connectivity index (χ0n) is 14.6. The maximum Gasteiger partial charge on any atom is 0.232 e. The van der Waals surface area contributed by atoms with E-state index in [0.717, 1.165) is 24.3 Å². The number of nitrogens with zero attached hydrogens (tertiary/aromatic N) is 2. The van der Waals surface area contributed by atoms with Gasteiger partial charge in [0.1, 0.15) is 18.2 Å². The number of allylic oxidation sites excluding steroid dienone is 1. The third kappa shape index (κ3) is 3.21. The highest BCUT2D eigenvalue weighted by atomic mass is 16.5. The SMILES string of the molecule is COCCCN1COc2ccc3c(c2C1)O/C(=C\c1ccccn1)C3=O. The van der Waals surface area contributed by atoms with Gasteiger partial charge in [0.25, 0.3) is 0 Å². The Morgan fingerprint density at radius 3 is 3.04 bits per heavy atom. The van der Waals surface area contributed by atoms with Crippen LogP contribution in [0.15, 0.2) is 42.3 Å². The van der Waals surface area contributed by atoms with Crippen molar-refractivity contribution < 1.29 is 19.0 Å². The van der Waals surface area contributed by atoms with Crippen molar-refractivity contribution in [1.82, 2.24) is 9.88 Å². The maximum absolute atomic E-state index is 12.7. The van der Waals surface area contributed by atoms with E-state index >= 15 is 0 Å². The van der Waals surface area contributed by atoms with Gasteiger partial charge in [-0.15, -0.1) is 0 Å². The number of fused-ring (bicyclic) bond motifs is 3. The highest BCUT2D eigenvalue weighted by molar-refractivity contribution is 6.14. The molecule has 0 aliphatic carbocycles. The predicted molar refractivity (Wildman–Crippen MR) is 96.0 cm³/mol. The molecule has 1 aromatic heterocycles. The second-order valence-corrected chi connectivity index (χ2v) is 6.29. The Hall–Kier alpha value is -2.70. The molecule has 0 atom stereocenters. The van der Waals surface area contributed by atoms with Gasteiger partial charge in [0, 0.05) is 39.1 Å². The van der Waals surface area contributed by atoms with Crippen molar-refractivity contribution in [1.29, 1.82) is 0 Å². The lowest BCUT2D eigenvalue weighted by Gasteiger charge is -2.29. The number of carbonyl (C=O) groups excluding carboxylic acids is 1. The van der Waals surface area contributed by atoms with Crippen molar-refractivity contribution >= 4 is 11.9 Å². The quantitative estimate of drug-likeness (QED) is 0.609. The molecule has 2 aliphatic rings. The first-order valence-corrected chi connectivity index (χ1v) is 8.61. The fraction of sp³-hybridized carbons (Fsp3) is 0.300. The number of hydrogen-bond donors (Lipinski definition) is 0. The fourth-order valence-electron chi connectivity index (χ4n) is 3.18. The van der Waals surface area contributed by atoms with Crippen LogP contribution in [0.5, 0.6) is 11.5 Å². The number of hydrogen-bond acceptors (Lipinski definition) is 6. The van der Waals surface area contributed by atoms with E-state index in [2.05, 4.69) is 9.88 Å². The van der Waals surface area contributed by atoms with Crippen LogP contribution in [0.3, 0.4) is 0 Å². The van der Waals surface area contributed by atoms with E-state index in [1.165, 1.54) is 0 Å². The number of pyridine rings is 1. The van der Waals surface area contributed by atoms with E-state index in [-0.39, 0.29) is 5.78 Å². The van der Waals surface area contributed by atoms with E-state index in [9.17, 15) is 4.79 Å². The molecule has 2 aliphatic heterocycles. The number of rotatable bonds is 5. The van der Waals surface area contributed by atoms with Crippen LogP contribution in [-0.4, -0.2) is 42.7 Å². The van der Waals surface area contributed by atoms with Gasteiger partial charge in [-0.1, -0.05) is 6.07 Å². The highest BCUT2D eigenvalue weighted by Gasteiger charge is 2.33. The number of ether oxygens (including phenoxy) is 3. The van der Waals surface area contributed by atoms with Crippen molar-refractivity contribution in [2.45, 2.75) is 13.0 Å². The molecule has 1 aromatic carbocycles. The summed E-state index contributed by atoms with van der Waals surface area (Å²) in [5, 5.41) is 0. The summed E-state index contributed by atoms with van der Waals surface area (Å²) in [7, 11) is 1.70. The minimum absolute atomic E-state index is 0.120. The molecule has 4 rings (SSSR count). The molecular formula is C20H20N2O4. The average Bonchev–Trinajstić information content (AvgIpc) is 2.99. The minimum atomic E-state index is -0.120. The summed E-state index contributed by atoms with van der Waals surface area (Å²) in [5.74, 6) is 1.55. The van der Waals surface area contributed by atoms with Crippen molar-refractivity contribution in [2.24, 2.45) is 0 Å². The number of benzene rings is 1. The summed E-state index contributed by atoms with van der Waals surface area (Å²) in [6.45, 7) is 2.79. The van der Waals surface area contributed by atoms with Gasteiger partial charge in [0.15, 0.2) is 5.76 Å². The molecule has 0 fully saturated rings. The summed E-state index contributed by atoms with van der Waals surface area (Å²) in [6, 6.07) is 9.17. The number of Topliss-reactive ketones (excluding diaryl/α,β-unsaturated/α-hetero) is 1. The summed E-state index contributed by atoms with van der Waals surface area (Å²) in [6.07, 6.45) is 4.29. The van der Waals surface area contributed by atoms with E-state index < -0.39 is 0 Å². The van der Waals surface area contributed by atoms with Crippen LogP contribution < -0.4 is 9.47 Å². The molecular weight excluding hydrogens is 332 g/mol. The first-order valence-electron chi connectivity index (χ1n) is 8.61. The second kappa shape index (κ2) is 7.27. The third-order valence-electron chi connectivity index (χ3n) is 4.47. The monoisotopic (exact) mass is 352 g/mol. The van der Waals surface area contributed by atoms with E-state index in [1.54, 1.807) is 25.4 Å². The van der Waals surface area contributed by atoms with Gasteiger partial charge in [-0.2, -0.15) is 0 Å². The van der Waals surface area contributed by atoms with Crippen LogP contribution in [0.2, 0.25) is 0 Å². The molecule has 0 radical (unpaired) electrons. The average molecular weight is 352 g/mol. The van der Waals surface area contributed by atoms with E-state index in [0.29, 0.717) is 42.6 Å². The van der Waals surface area contributed by atoms with Crippen LogP contribution in [0.25, 0.3) is 6.08 Å². The predicted octanol–water partition coefficient (Wildman–Crippen LogP) is 2.89. The van der Waals surface area contributed by atoms with Gasteiger partial charge in [0.2, 0.25) is 5.78 Å². The largest absolute Gasteiger partial charge is 0.478 e. The van der Waals surface area contributed by atoms with Crippen molar-refractivity contribution in [3.05, 3.63) is 59.1 Å². The topological polar surface area (TPSA) is 60.9 Å². The van der Waals surface area contributed by atoms with E-state index in [4.69, 9.17) is 14.2 Å². The zero-order chi connectivity index (χ0) is 17.9. The normalized spacial score (nSPS) is 17.6. The first kappa shape index (κ1) is 16.8. The minimum Gasteiger partial charge on any atom is -0.478 e. The molecule has 0 saturated heterocycles. The number of aromatic nitrogens is 1.